The number of halogens is 1. The zero-order chi connectivity index (χ0) is 20.6. The Labute approximate surface area is 174 Å². The average molecular weight is 400 g/mol. The summed E-state index contributed by atoms with van der Waals surface area (Å²) in [6.45, 7) is 0.902. The molecule has 2 aromatic rings. The zero-order valence-electron chi connectivity index (χ0n) is 17.5. The quantitative estimate of drug-likeness (QED) is 0.566. The van der Waals surface area contributed by atoms with Crippen LogP contribution in [0.25, 0.3) is 0 Å². The van der Waals surface area contributed by atoms with Crippen LogP contribution in [0.3, 0.4) is 0 Å². The molecule has 0 saturated heterocycles. The van der Waals surface area contributed by atoms with Gasteiger partial charge < -0.3 is 15.6 Å². The largest absolute Gasteiger partial charge is 0.496 e. The summed E-state index contributed by atoms with van der Waals surface area (Å²) >= 11 is 0. The predicted molar refractivity (Wildman–Crippen MR) is 116 cm³/mol. The van der Waals surface area contributed by atoms with Crippen molar-refractivity contribution in [3.63, 3.8) is 0 Å². The van der Waals surface area contributed by atoms with Crippen LogP contribution < -0.4 is 10.5 Å². The first-order valence-corrected chi connectivity index (χ1v) is 10.9. The summed E-state index contributed by atoms with van der Waals surface area (Å²) in [7, 11) is 1.60. The molecule has 1 aliphatic rings. The van der Waals surface area contributed by atoms with E-state index >= 15 is 0 Å². The highest BCUT2D eigenvalue weighted by Gasteiger charge is 2.21. The maximum absolute atomic E-state index is 14.2. The normalized spacial score (nSPS) is 17.0. The minimum absolute atomic E-state index is 0.167. The van der Waals surface area contributed by atoms with Crippen LogP contribution in [0.4, 0.5) is 4.39 Å². The molecule has 0 bridgehead atoms. The van der Waals surface area contributed by atoms with Gasteiger partial charge in [-0.15, -0.1) is 0 Å². The third-order valence-corrected chi connectivity index (χ3v) is 6.38. The molecule has 0 unspecified atom stereocenters. The lowest BCUT2D eigenvalue weighted by Crippen LogP contribution is -2.17. The smallest absolute Gasteiger partial charge is 0.130 e. The number of benzene rings is 2. The summed E-state index contributed by atoms with van der Waals surface area (Å²) < 4.78 is 19.5. The Balaban J connectivity index is 1.61. The van der Waals surface area contributed by atoms with E-state index in [0.29, 0.717) is 36.1 Å². The molecule has 29 heavy (non-hydrogen) atoms. The molecule has 3 nitrogen and oxygen atoms in total. The molecule has 1 aliphatic carbocycles. The number of hydrogen-bond donors (Lipinski definition) is 2. The van der Waals surface area contributed by atoms with E-state index in [1.807, 2.05) is 6.07 Å². The Bertz CT molecular complexity index is 792. The van der Waals surface area contributed by atoms with Gasteiger partial charge in [-0.25, -0.2) is 4.39 Å². The van der Waals surface area contributed by atoms with Crippen LogP contribution in [0, 0.1) is 11.7 Å². The van der Waals surface area contributed by atoms with Crippen LogP contribution in [-0.2, 0) is 19.3 Å². The van der Waals surface area contributed by atoms with Gasteiger partial charge in [0.05, 0.1) is 7.11 Å². The van der Waals surface area contributed by atoms with Gasteiger partial charge in [0.25, 0.3) is 0 Å². The van der Waals surface area contributed by atoms with Gasteiger partial charge in [-0.1, -0.05) is 30.7 Å². The van der Waals surface area contributed by atoms with Crippen LogP contribution >= 0.6 is 0 Å². The van der Waals surface area contributed by atoms with Crippen LogP contribution in [-0.4, -0.2) is 25.4 Å². The Morgan fingerprint density at radius 3 is 2.83 bits per heavy atom. The summed E-state index contributed by atoms with van der Waals surface area (Å²) in [5.74, 6) is 1.43. The van der Waals surface area contributed by atoms with Gasteiger partial charge in [0.15, 0.2) is 0 Å². The molecular formula is C25H34FNO2. The second-order valence-corrected chi connectivity index (χ2v) is 8.25. The van der Waals surface area contributed by atoms with Gasteiger partial charge in [-0.2, -0.15) is 0 Å². The van der Waals surface area contributed by atoms with Crippen LogP contribution in [0.5, 0.6) is 5.75 Å². The van der Waals surface area contributed by atoms with Gasteiger partial charge in [-0.05, 0) is 92.1 Å². The van der Waals surface area contributed by atoms with E-state index in [0.717, 1.165) is 44.9 Å². The number of aliphatic hydroxyl groups is 1. The van der Waals surface area contributed by atoms with E-state index in [9.17, 15) is 4.39 Å². The van der Waals surface area contributed by atoms with Crippen molar-refractivity contribution >= 4 is 0 Å². The summed E-state index contributed by atoms with van der Waals surface area (Å²) in [5, 5.41) is 9.01. The summed E-state index contributed by atoms with van der Waals surface area (Å²) in [5.41, 5.74) is 10.9. The van der Waals surface area contributed by atoms with Crippen molar-refractivity contribution < 1.29 is 14.2 Å². The number of fused-ring (bicyclic) bond motifs is 1. The molecule has 0 spiro atoms. The fraction of sp³-hybridized carbons (Fsp3) is 0.520. The molecule has 2 aromatic carbocycles. The van der Waals surface area contributed by atoms with Crippen molar-refractivity contribution in [2.24, 2.45) is 11.7 Å². The average Bonchev–Trinajstić information content (AvgIpc) is 2.75. The van der Waals surface area contributed by atoms with E-state index in [-0.39, 0.29) is 12.4 Å². The van der Waals surface area contributed by atoms with Crippen molar-refractivity contribution in [3.05, 3.63) is 64.5 Å². The number of aliphatic hydroxyl groups excluding tert-OH is 1. The highest BCUT2D eigenvalue weighted by molar-refractivity contribution is 5.37. The van der Waals surface area contributed by atoms with Crippen molar-refractivity contribution in [2.45, 2.75) is 57.3 Å². The monoisotopic (exact) mass is 399 g/mol. The first-order chi connectivity index (χ1) is 14.2. The molecule has 0 saturated carbocycles. The molecule has 0 amide bonds. The van der Waals surface area contributed by atoms with E-state index in [1.54, 1.807) is 13.2 Å². The zero-order valence-corrected chi connectivity index (χ0v) is 17.5. The molecule has 4 heteroatoms. The number of nitrogens with two attached hydrogens (primary N) is 1. The highest BCUT2D eigenvalue weighted by atomic mass is 19.1. The maximum atomic E-state index is 14.2. The third kappa shape index (κ3) is 5.58. The topological polar surface area (TPSA) is 55.5 Å². The molecule has 0 fully saturated rings. The van der Waals surface area contributed by atoms with Gasteiger partial charge in [0.1, 0.15) is 11.6 Å². The Hall–Kier alpha value is -1.91. The lowest BCUT2D eigenvalue weighted by atomic mass is 9.79. The SMILES string of the molecule is COc1cccc(F)c1CC[C@@H]1CCc2cc([C@H](CN)CCCCO)ccc2C1. The van der Waals surface area contributed by atoms with Crippen LogP contribution in [0.2, 0.25) is 0 Å². The molecule has 0 heterocycles. The Morgan fingerprint density at radius 1 is 1.21 bits per heavy atom. The molecule has 3 rings (SSSR count). The maximum Gasteiger partial charge on any atom is 0.130 e. The number of unbranched alkanes of at least 4 members (excludes halogenated alkanes) is 1. The van der Waals surface area contributed by atoms with Crippen LogP contribution in [0.15, 0.2) is 36.4 Å². The number of ether oxygens (including phenoxy) is 1. The molecular weight excluding hydrogens is 365 g/mol. The lowest BCUT2D eigenvalue weighted by Gasteiger charge is -2.26. The Kier molecular flexibility index (Phi) is 8.08. The molecule has 3 N–H and O–H groups in total. The molecule has 2 atom stereocenters. The minimum Gasteiger partial charge on any atom is -0.496 e. The van der Waals surface area contributed by atoms with Crippen molar-refractivity contribution in [1.29, 1.82) is 0 Å². The molecule has 0 aromatic heterocycles. The number of methoxy groups -OCH3 is 1. The summed E-state index contributed by atoms with van der Waals surface area (Å²) in [6, 6.07) is 11.9. The standard InChI is InChI=1S/C25H34FNO2/c1-29-25-7-4-6-24(26)23(25)13-9-18-8-10-20-16-21(12-11-19(20)15-18)22(17-27)5-2-3-14-28/h4,6-7,11-12,16,18,22,28H,2-3,5,8-10,13-15,17,27H2,1H3/t18-,22-/m0/s1. The fourth-order valence-corrected chi connectivity index (χ4v) is 4.60. The van der Waals surface area contributed by atoms with Gasteiger partial charge >= 0.3 is 0 Å². The number of hydrogen-bond acceptors (Lipinski definition) is 3. The fourth-order valence-electron chi connectivity index (χ4n) is 4.60. The second-order valence-electron chi connectivity index (χ2n) is 8.25. The minimum atomic E-state index is -0.167. The first kappa shape index (κ1) is 21.8. The van der Waals surface area contributed by atoms with Crippen LogP contribution in [0.1, 0.15) is 60.3 Å². The lowest BCUT2D eigenvalue weighted by molar-refractivity contribution is 0.281. The van der Waals surface area contributed by atoms with Crippen molar-refractivity contribution in [3.8, 4) is 5.75 Å². The highest BCUT2D eigenvalue weighted by Crippen LogP contribution is 2.33. The van der Waals surface area contributed by atoms with E-state index < -0.39 is 0 Å². The van der Waals surface area contributed by atoms with E-state index in [1.165, 1.54) is 22.8 Å². The first-order valence-electron chi connectivity index (χ1n) is 10.9. The second kappa shape index (κ2) is 10.7. The number of aryl methyl sites for hydroxylation is 1. The van der Waals surface area contributed by atoms with Gasteiger partial charge in [0, 0.05) is 12.2 Å². The summed E-state index contributed by atoms with van der Waals surface area (Å²) in [6.07, 6.45) is 7.86. The van der Waals surface area contributed by atoms with E-state index in [4.69, 9.17) is 15.6 Å². The number of rotatable bonds is 10. The summed E-state index contributed by atoms with van der Waals surface area (Å²) in [4.78, 5) is 0. The molecule has 0 aliphatic heterocycles. The molecule has 158 valence electrons. The molecule has 0 radical (unpaired) electrons. The Morgan fingerprint density at radius 2 is 2.07 bits per heavy atom. The van der Waals surface area contributed by atoms with Gasteiger partial charge in [0.2, 0.25) is 0 Å². The van der Waals surface area contributed by atoms with Crippen molar-refractivity contribution in [2.75, 3.05) is 20.3 Å². The third-order valence-electron chi connectivity index (χ3n) is 6.38. The van der Waals surface area contributed by atoms with E-state index in [2.05, 4.69) is 18.2 Å². The van der Waals surface area contributed by atoms with Gasteiger partial charge in [-0.3, -0.25) is 0 Å². The predicted octanol–water partition coefficient (Wildman–Crippen LogP) is 4.78. The van der Waals surface area contributed by atoms with Crippen molar-refractivity contribution in [1.82, 2.24) is 0 Å².